The lowest BCUT2D eigenvalue weighted by Gasteiger charge is -2.29. The number of fused-ring (bicyclic) bond motifs is 1. The lowest BCUT2D eigenvalue weighted by atomic mass is 10.0. The van der Waals surface area contributed by atoms with E-state index in [1.54, 1.807) is 30.5 Å². The molecule has 0 saturated carbocycles. The number of hydrogen-bond donors (Lipinski definition) is 1. The van der Waals surface area contributed by atoms with Gasteiger partial charge in [0.2, 0.25) is 11.8 Å². The molecule has 6 rings (SSSR count). The van der Waals surface area contributed by atoms with Gasteiger partial charge in [0.15, 0.2) is 11.6 Å². The predicted octanol–water partition coefficient (Wildman–Crippen LogP) is 3.28. The molecule has 10 heteroatoms. The van der Waals surface area contributed by atoms with Crippen LogP contribution in [0, 0.1) is 12.7 Å². The first-order valence-corrected chi connectivity index (χ1v) is 12.5. The molecule has 2 saturated heterocycles. The molecular weight excluding hydrogens is 477 g/mol. The molecule has 9 nitrogen and oxygen atoms in total. The maximum absolute atomic E-state index is 15.7. The molecule has 3 aliphatic rings. The van der Waals surface area contributed by atoms with Crippen molar-refractivity contribution in [2.24, 2.45) is 0 Å². The van der Waals surface area contributed by atoms with Crippen LogP contribution >= 0.6 is 0 Å². The van der Waals surface area contributed by atoms with Crippen LogP contribution in [-0.4, -0.2) is 50.2 Å². The van der Waals surface area contributed by atoms with E-state index in [0.717, 1.165) is 30.8 Å². The summed E-state index contributed by atoms with van der Waals surface area (Å²) >= 11 is 0. The van der Waals surface area contributed by atoms with E-state index in [9.17, 15) is 14.4 Å². The van der Waals surface area contributed by atoms with Crippen LogP contribution in [0.3, 0.4) is 0 Å². The van der Waals surface area contributed by atoms with Crippen molar-refractivity contribution in [1.29, 1.82) is 0 Å². The van der Waals surface area contributed by atoms with Crippen LogP contribution in [0.5, 0.6) is 0 Å². The van der Waals surface area contributed by atoms with Gasteiger partial charge in [-0.3, -0.25) is 29.6 Å². The SMILES string of the molecule is Cc1cc([C@@H]2CCCN2Cc2ccnc(-c3ccc4c(c3)CN(C3CCC(=O)NC3=O)C4=O)c2F)on1. The molecule has 0 radical (unpaired) electrons. The van der Waals surface area contributed by atoms with Crippen molar-refractivity contribution in [2.45, 2.75) is 57.8 Å². The van der Waals surface area contributed by atoms with Gasteiger partial charge in [0.1, 0.15) is 11.7 Å². The van der Waals surface area contributed by atoms with Crippen LogP contribution < -0.4 is 5.32 Å². The Morgan fingerprint density at radius 1 is 1.14 bits per heavy atom. The molecule has 0 aliphatic carbocycles. The lowest BCUT2D eigenvalue weighted by Crippen LogP contribution is -2.52. The Morgan fingerprint density at radius 2 is 2.00 bits per heavy atom. The summed E-state index contributed by atoms with van der Waals surface area (Å²) < 4.78 is 21.2. The zero-order valence-corrected chi connectivity index (χ0v) is 20.4. The summed E-state index contributed by atoms with van der Waals surface area (Å²) in [4.78, 5) is 44.8. The normalized spacial score (nSPS) is 22.0. The van der Waals surface area contributed by atoms with Gasteiger partial charge in [0.05, 0.1) is 11.7 Å². The van der Waals surface area contributed by atoms with Gasteiger partial charge in [-0.15, -0.1) is 0 Å². The fraction of sp³-hybridized carbons (Fsp3) is 0.370. The zero-order chi connectivity index (χ0) is 25.7. The minimum absolute atomic E-state index is 0.0569. The molecule has 1 aromatic carbocycles. The highest BCUT2D eigenvalue weighted by Gasteiger charge is 2.39. The number of benzene rings is 1. The number of aryl methyl sites for hydroxylation is 1. The van der Waals surface area contributed by atoms with E-state index in [2.05, 4.69) is 20.4 Å². The van der Waals surface area contributed by atoms with Crippen LogP contribution in [-0.2, 0) is 22.7 Å². The summed E-state index contributed by atoms with van der Waals surface area (Å²) in [6.45, 7) is 3.36. The third-order valence-corrected chi connectivity index (χ3v) is 7.48. The molecule has 1 N–H and O–H groups in total. The fourth-order valence-electron chi connectivity index (χ4n) is 5.63. The Hall–Kier alpha value is -3.92. The molecule has 3 aromatic rings. The summed E-state index contributed by atoms with van der Waals surface area (Å²) in [5, 5.41) is 6.30. The number of likely N-dealkylation sites (tertiary alicyclic amines) is 1. The first-order valence-electron chi connectivity index (χ1n) is 12.5. The van der Waals surface area contributed by atoms with E-state index < -0.39 is 17.8 Å². The van der Waals surface area contributed by atoms with Crippen LogP contribution in [0.4, 0.5) is 4.39 Å². The highest BCUT2D eigenvalue weighted by atomic mass is 19.1. The molecule has 37 heavy (non-hydrogen) atoms. The van der Waals surface area contributed by atoms with Crippen LogP contribution in [0.15, 0.2) is 41.1 Å². The molecule has 2 atom stereocenters. The second-order valence-electron chi connectivity index (χ2n) is 9.90. The molecule has 190 valence electrons. The smallest absolute Gasteiger partial charge is 0.255 e. The van der Waals surface area contributed by atoms with E-state index in [4.69, 9.17) is 4.52 Å². The molecule has 0 spiro atoms. The third kappa shape index (κ3) is 4.21. The monoisotopic (exact) mass is 503 g/mol. The number of halogens is 1. The van der Waals surface area contributed by atoms with Gasteiger partial charge in [-0.25, -0.2) is 4.39 Å². The summed E-state index contributed by atoms with van der Waals surface area (Å²) in [6, 6.07) is 8.11. The van der Waals surface area contributed by atoms with Gasteiger partial charge < -0.3 is 9.42 Å². The standard InChI is InChI=1S/C27H26FN5O4/c1-15-11-22(37-31-15)20-3-2-10-32(20)13-17-8-9-29-25(24(17)28)16-4-5-19-18(12-16)14-33(27(19)36)21-6-7-23(34)30-26(21)35/h4-5,8-9,11-12,20-21H,2-3,6-7,10,13-14H2,1H3,(H,30,34,35)/t20-,21?/m0/s1. The molecule has 2 aromatic heterocycles. The number of piperidine rings is 1. The fourth-order valence-corrected chi connectivity index (χ4v) is 5.63. The van der Waals surface area contributed by atoms with Gasteiger partial charge in [0.25, 0.3) is 5.91 Å². The second kappa shape index (κ2) is 9.19. The van der Waals surface area contributed by atoms with E-state index >= 15 is 4.39 Å². The van der Waals surface area contributed by atoms with Gasteiger partial charge in [-0.1, -0.05) is 11.2 Å². The summed E-state index contributed by atoms with van der Waals surface area (Å²) in [5.41, 5.74) is 3.34. The van der Waals surface area contributed by atoms with Crippen molar-refractivity contribution in [3.05, 3.63) is 70.5 Å². The average Bonchev–Trinajstić information content (AvgIpc) is 3.59. The predicted molar refractivity (Wildman–Crippen MR) is 129 cm³/mol. The van der Waals surface area contributed by atoms with Crippen LogP contribution in [0.25, 0.3) is 11.3 Å². The Bertz CT molecular complexity index is 1420. The Kier molecular flexibility index (Phi) is 5.83. The largest absolute Gasteiger partial charge is 0.359 e. The quantitative estimate of drug-likeness (QED) is 0.532. The molecular formula is C27H26FN5O4. The van der Waals surface area contributed by atoms with Gasteiger partial charge in [0, 0.05) is 48.5 Å². The molecule has 0 bridgehead atoms. The topological polar surface area (TPSA) is 109 Å². The number of nitrogens with one attached hydrogen (secondary N) is 1. The zero-order valence-electron chi connectivity index (χ0n) is 20.4. The minimum atomic E-state index is -0.694. The lowest BCUT2D eigenvalue weighted by molar-refractivity contribution is -0.136. The van der Waals surface area contributed by atoms with Crippen molar-refractivity contribution in [1.82, 2.24) is 25.3 Å². The van der Waals surface area contributed by atoms with Crippen molar-refractivity contribution in [2.75, 3.05) is 6.54 Å². The number of nitrogens with zero attached hydrogens (tertiary/aromatic N) is 4. The van der Waals surface area contributed by atoms with Crippen molar-refractivity contribution in [3.63, 3.8) is 0 Å². The highest BCUT2D eigenvalue weighted by molar-refractivity contribution is 6.05. The number of hydrogen-bond acceptors (Lipinski definition) is 7. The molecule has 5 heterocycles. The average molecular weight is 504 g/mol. The number of aromatic nitrogens is 2. The molecule has 2 fully saturated rings. The Labute approximate surface area is 212 Å². The number of amides is 3. The van der Waals surface area contributed by atoms with Crippen LogP contribution in [0.2, 0.25) is 0 Å². The maximum Gasteiger partial charge on any atom is 0.255 e. The number of carbonyl (C=O) groups excluding carboxylic acids is 3. The molecule has 3 aliphatic heterocycles. The van der Waals surface area contributed by atoms with Crippen molar-refractivity contribution < 1.29 is 23.3 Å². The number of imide groups is 1. The van der Waals surface area contributed by atoms with E-state index in [1.165, 1.54) is 4.90 Å². The van der Waals surface area contributed by atoms with E-state index in [-0.39, 0.29) is 36.5 Å². The number of rotatable bonds is 5. The Balaban J connectivity index is 1.24. The summed E-state index contributed by atoms with van der Waals surface area (Å²) in [7, 11) is 0. The number of carbonyl (C=O) groups is 3. The van der Waals surface area contributed by atoms with E-state index in [1.807, 2.05) is 13.0 Å². The first kappa shape index (κ1) is 23.5. The molecule has 1 unspecified atom stereocenters. The Morgan fingerprint density at radius 3 is 2.78 bits per heavy atom. The van der Waals surface area contributed by atoms with E-state index in [0.29, 0.717) is 35.2 Å². The third-order valence-electron chi connectivity index (χ3n) is 7.48. The van der Waals surface area contributed by atoms with Crippen molar-refractivity contribution >= 4 is 17.7 Å². The summed E-state index contributed by atoms with van der Waals surface area (Å²) in [6.07, 6.45) is 4.01. The maximum atomic E-state index is 15.7. The summed E-state index contributed by atoms with van der Waals surface area (Å²) in [5.74, 6) is -0.647. The molecule has 3 amide bonds. The van der Waals surface area contributed by atoms with Crippen LogP contribution in [0.1, 0.15) is 64.7 Å². The van der Waals surface area contributed by atoms with Gasteiger partial charge in [-0.05, 0) is 56.5 Å². The first-order chi connectivity index (χ1) is 17.9. The van der Waals surface area contributed by atoms with Gasteiger partial charge >= 0.3 is 0 Å². The highest BCUT2D eigenvalue weighted by Crippen LogP contribution is 2.35. The van der Waals surface area contributed by atoms with Gasteiger partial charge in [-0.2, -0.15) is 0 Å². The minimum Gasteiger partial charge on any atom is -0.359 e. The second-order valence-corrected chi connectivity index (χ2v) is 9.90. The number of pyridine rings is 1. The van der Waals surface area contributed by atoms with Crippen molar-refractivity contribution in [3.8, 4) is 11.3 Å².